The number of esters is 2. The first kappa shape index (κ1) is 23.9. The van der Waals surface area contributed by atoms with Gasteiger partial charge in [-0.2, -0.15) is 0 Å². The number of ether oxygens (including phenoxy) is 2. The van der Waals surface area contributed by atoms with Crippen LogP contribution in [-0.4, -0.2) is 46.9 Å². The Kier molecular flexibility index (Phi) is 5.71. The fourth-order valence-corrected chi connectivity index (χ4v) is 7.82. The Hall–Kier alpha value is -2.28. The minimum Gasteiger partial charge on any atom is -0.462 e. The molecule has 8 atom stereocenters. The molecule has 7 heteroatoms. The standard InChI is InChI=1S/C26H34O7/c1-14-10-20-19-7-6-17-11-18(29)8-9-24(17,4)23(19)21(33-16(3)28)12-25(20,5)26(14,31)22(30)13-32-15(2)27/h8-9,11,14,19-21,23,31H,6-7,10,12-13H2,1-5H3/t14-,19+,20+,21+,23-,24+,25+,26+/m1/s1. The van der Waals surface area contributed by atoms with Gasteiger partial charge in [0.2, 0.25) is 5.78 Å². The van der Waals surface area contributed by atoms with Crippen LogP contribution in [0.4, 0.5) is 0 Å². The zero-order chi connectivity index (χ0) is 24.3. The van der Waals surface area contributed by atoms with Gasteiger partial charge in [0.05, 0.1) is 0 Å². The Balaban J connectivity index is 1.77. The molecular weight excluding hydrogens is 424 g/mol. The topological polar surface area (TPSA) is 107 Å². The van der Waals surface area contributed by atoms with E-state index in [1.54, 1.807) is 12.2 Å². The molecule has 4 aliphatic rings. The van der Waals surface area contributed by atoms with E-state index in [1.165, 1.54) is 13.8 Å². The first-order valence-corrected chi connectivity index (χ1v) is 11.8. The normalized spacial score (nSPS) is 43.6. The van der Waals surface area contributed by atoms with Gasteiger partial charge < -0.3 is 14.6 Å². The summed E-state index contributed by atoms with van der Waals surface area (Å²) in [4.78, 5) is 48.8. The lowest BCUT2D eigenvalue weighted by atomic mass is 9.46. The van der Waals surface area contributed by atoms with E-state index < -0.39 is 46.9 Å². The SMILES string of the molecule is CC(=O)OCC(=O)[C@@]1(O)[C@H](C)C[C@H]2[C@@H]3CCC4=CC(=O)C=C[C@]4(C)[C@H]3[C@@H](OC(C)=O)C[C@@]21C. The summed E-state index contributed by atoms with van der Waals surface area (Å²) < 4.78 is 10.9. The van der Waals surface area contributed by atoms with Crippen molar-refractivity contribution in [3.63, 3.8) is 0 Å². The number of Topliss-reactive ketones (excluding diaryl/α,β-unsaturated/α-hetero) is 1. The maximum absolute atomic E-state index is 13.3. The van der Waals surface area contributed by atoms with Crippen LogP contribution in [0, 0.1) is 34.5 Å². The van der Waals surface area contributed by atoms with Crippen LogP contribution in [0.15, 0.2) is 23.8 Å². The highest BCUT2D eigenvalue weighted by Gasteiger charge is 2.71. The number of fused-ring (bicyclic) bond motifs is 5. The van der Waals surface area contributed by atoms with Crippen molar-refractivity contribution in [2.45, 2.75) is 72.0 Å². The van der Waals surface area contributed by atoms with Crippen molar-refractivity contribution in [2.75, 3.05) is 6.61 Å². The highest BCUT2D eigenvalue weighted by atomic mass is 16.5. The summed E-state index contributed by atoms with van der Waals surface area (Å²) in [6.45, 7) is 8.04. The summed E-state index contributed by atoms with van der Waals surface area (Å²) in [5, 5.41) is 11.9. The second kappa shape index (κ2) is 7.90. The summed E-state index contributed by atoms with van der Waals surface area (Å²) in [6, 6.07) is 0. The smallest absolute Gasteiger partial charge is 0.303 e. The van der Waals surface area contributed by atoms with Crippen molar-refractivity contribution >= 4 is 23.5 Å². The molecule has 3 saturated carbocycles. The van der Waals surface area contributed by atoms with Crippen molar-refractivity contribution < 1.29 is 33.8 Å². The molecule has 7 nitrogen and oxygen atoms in total. The Bertz CT molecular complexity index is 964. The van der Waals surface area contributed by atoms with Crippen molar-refractivity contribution in [2.24, 2.45) is 34.5 Å². The van der Waals surface area contributed by atoms with E-state index in [1.807, 2.05) is 19.9 Å². The predicted octanol–water partition coefficient (Wildman–Crippen LogP) is 2.95. The quantitative estimate of drug-likeness (QED) is 0.646. The number of hydrogen-bond acceptors (Lipinski definition) is 7. The second-order valence-electron chi connectivity index (χ2n) is 10.9. The van der Waals surface area contributed by atoms with Crippen LogP contribution in [0.2, 0.25) is 0 Å². The maximum Gasteiger partial charge on any atom is 0.303 e. The van der Waals surface area contributed by atoms with Gasteiger partial charge in [-0.15, -0.1) is 0 Å². The van der Waals surface area contributed by atoms with Crippen molar-refractivity contribution in [1.29, 1.82) is 0 Å². The van der Waals surface area contributed by atoms with Crippen molar-refractivity contribution in [1.82, 2.24) is 0 Å². The molecule has 0 bridgehead atoms. The molecule has 0 spiro atoms. The Morgan fingerprint density at radius 3 is 2.52 bits per heavy atom. The average molecular weight is 459 g/mol. The van der Waals surface area contributed by atoms with Crippen molar-refractivity contribution in [3.8, 4) is 0 Å². The van der Waals surface area contributed by atoms with E-state index in [2.05, 4.69) is 6.92 Å². The van der Waals surface area contributed by atoms with Crippen LogP contribution in [0.1, 0.15) is 60.3 Å². The molecule has 1 N–H and O–H groups in total. The predicted molar refractivity (Wildman–Crippen MR) is 119 cm³/mol. The molecule has 0 radical (unpaired) electrons. The van der Waals surface area contributed by atoms with Crippen LogP contribution in [0.25, 0.3) is 0 Å². The lowest BCUT2D eigenvalue weighted by Crippen LogP contribution is -2.63. The van der Waals surface area contributed by atoms with Gasteiger partial charge in [0.15, 0.2) is 12.4 Å². The van der Waals surface area contributed by atoms with Crippen LogP contribution >= 0.6 is 0 Å². The molecule has 0 heterocycles. The largest absolute Gasteiger partial charge is 0.462 e. The molecule has 0 aromatic rings. The van der Waals surface area contributed by atoms with Gasteiger partial charge in [-0.1, -0.05) is 32.4 Å². The first-order valence-electron chi connectivity index (χ1n) is 11.8. The highest BCUT2D eigenvalue weighted by Crippen LogP contribution is 2.68. The molecule has 0 unspecified atom stereocenters. The van der Waals surface area contributed by atoms with E-state index >= 15 is 0 Å². The van der Waals surface area contributed by atoms with Gasteiger partial charge in [0, 0.05) is 30.6 Å². The summed E-state index contributed by atoms with van der Waals surface area (Å²) in [7, 11) is 0. The minimum atomic E-state index is -1.69. The van der Waals surface area contributed by atoms with Gasteiger partial charge in [-0.25, -0.2) is 0 Å². The molecule has 33 heavy (non-hydrogen) atoms. The average Bonchev–Trinajstić information content (AvgIpc) is 2.93. The molecular formula is C26H34O7. The molecule has 0 saturated heterocycles. The van der Waals surface area contributed by atoms with Gasteiger partial charge in [-0.3, -0.25) is 19.2 Å². The van der Waals surface area contributed by atoms with Gasteiger partial charge >= 0.3 is 11.9 Å². The van der Waals surface area contributed by atoms with Crippen LogP contribution in [-0.2, 0) is 28.7 Å². The lowest BCUT2D eigenvalue weighted by molar-refractivity contribution is -0.195. The third-order valence-corrected chi connectivity index (χ3v) is 9.20. The molecule has 0 amide bonds. The Morgan fingerprint density at radius 2 is 1.88 bits per heavy atom. The van der Waals surface area contributed by atoms with E-state index in [0.717, 1.165) is 18.4 Å². The van der Waals surface area contributed by atoms with Crippen LogP contribution in [0.5, 0.6) is 0 Å². The lowest BCUT2D eigenvalue weighted by Gasteiger charge is -2.60. The zero-order valence-corrected chi connectivity index (χ0v) is 20.1. The monoisotopic (exact) mass is 458 g/mol. The minimum absolute atomic E-state index is 0.0226. The van der Waals surface area contributed by atoms with Gasteiger partial charge in [0.25, 0.3) is 0 Å². The third-order valence-electron chi connectivity index (χ3n) is 9.20. The number of aliphatic hydroxyl groups is 1. The second-order valence-corrected chi connectivity index (χ2v) is 10.9. The van der Waals surface area contributed by atoms with Gasteiger partial charge in [0.1, 0.15) is 11.7 Å². The van der Waals surface area contributed by atoms with Gasteiger partial charge in [-0.05, 0) is 55.6 Å². The molecule has 0 aliphatic heterocycles. The molecule has 0 aromatic carbocycles. The van der Waals surface area contributed by atoms with E-state index in [0.29, 0.717) is 12.8 Å². The summed E-state index contributed by atoms with van der Waals surface area (Å²) in [5.74, 6) is -1.75. The number of hydrogen-bond donors (Lipinski definition) is 1. The van der Waals surface area contributed by atoms with Crippen LogP contribution < -0.4 is 0 Å². The number of carbonyl (C=O) groups is 4. The summed E-state index contributed by atoms with van der Waals surface area (Å²) >= 11 is 0. The number of allylic oxidation sites excluding steroid dienone is 4. The zero-order valence-electron chi connectivity index (χ0n) is 20.1. The number of ketones is 2. The van der Waals surface area contributed by atoms with E-state index in [-0.39, 0.29) is 29.5 Å². The Morgan fingerprint density at radius 1 is 1.18 bits per heavy atom. The number of rotatable bonds is 4. The summed E-state index contributed by atoms with van der Waals surface area (Å²) in [6.07, 6.45) is 7.29. The molecule has 4 rings (SSSR count). The maximum atomic E-state index is 13.3. The molecule has 0 aromatic heterocycles. The molecule has 4 aliphatic carbocycles. The van der Waals surface area contributed by atoms with Crippen molar-refractivity contribution in [3.05, 3.63) is 23.8 Å². The first-order chi connectivity index (χ1) is 15.3. The fraction of sp³-hybridized carbons (Fsp3) is 0.692. The third kappa shape index (κ3) is 3.42. The van der Waals surface area contributed by atoms with E-state index in [9.17, 15) is 24.3 Å². The molecule has 3 fully saturated rings. The molecule has 180 valence electrons. The van der Waals surface area contributed by atoms with Crippen LogP contribution in [0.3, 0.4) is 0 Å². The fourth-order valence-electron chi connectivity index (χ4n) is 7.82. The number of carbonyl (C=O) groups excluding carboxylic acids is 4. The highest BCUT2D eigenvalue weighted by molar-refractivity contribution is 6.01. The summed E-state index contributed by atoms with van der Waals surface area (Å²) in [5.41, 5.74) is -1.89. The van der Waals surface area contributed by atoms with E-state index in [4.69, 9.17) is 9.47 Å². The Labute approximate surface area is 194 Å².